The third-order valence-corrected chi connectivity index (χ3v) is 2.30. The third kappa shape index (κ3) is 1.78. The summed E-state index contributed by atoms with van der Waals surface area (Å²) in [6.45, 7) is 8.73. The number of hydrogen-bond acceptors (Lipinski definition) is 0. The first-order valence-electron chi connectivity index (χ1n) is 4.75. The van der Waals surface area contributed by atoms with Gasteiger partial charge in [-0.2, -0.15) is 0 Å². The Labute approximate surface area is 80.6 Å². The fourth-order valence-electron chi connectivity index (χ4n) is 1.67. The van der Waals surface area contributed by atoms with E-state index < -0.39 is 0 Å². The molecule has 1 nitrogen and oxygen atoms in total. The van der Waals surface area contributed by atoms with Crippen LogP contribution in [-0.4, -0.2) is 4.98 Å². The Morgan fingerprint density at radius 1 is 1.23 bits per heavy atom. The number of rotatable bonds is 2. The van der Waals surface area contributed by atoms with Crippen LogP contribution in [0.3, 0.4) is 0 Å². The van der Waals surface area contributed by atoms with Crippen molar-refractivity contribution in [1.29, 1.82) is 0 Å². The van der Waals surface area contributed by atoms with Gasteiger partial charge in [-0.25, -0.2) is 0 Å². The second kappa shape index (κ2) is 3.70. The van der Waals surface area contributed by atoms with Crippen LogP contribution in [0.2, 0.25) is 0 Å². The molecular formula is C12H17N. The second-order valence-electron chi connectivity index (χ2n) is 3.99. The summed E-state index contributed by atoms with van der Waals surface area (Å²) >= 11 is 0. The highest BCUT2D eigenvalue weighted by Gasteiger charge is 2.14. The molecule has 0 radical (unpaired) electrons. The molecule has 1 heterocycles. The van der Waals surface area contributed by atoms with Gasteiger partial charge in [0.25, 0.3) is 0 Å². The molecule has 0 aromatic carbocycles. The van der Waals surface area contributed by atoms with Crippen LogP contribution in [0.15, 0.2) is 6.20 Å². The lowest BCUT2D eigenvalue weighted by atomic mass is 9.93. The average molecular weight is 175 g/mol. The summed E-state index contributed by atoms with van der Waals surface area (Å²) in [7, 11) is 0. The van der Waals surface area contributed by atoms with Crippen LogP contribution in [-0.2, 0) is 0 Å². The van der Waals surface area contributed by atoms with Gasteiger partial charge in [0.2, 0.25) is 0 Å². The van der Waals surface area contributed by atoms with Gasteiger partial charge >= 0.3 is 0 Å². The molecule has 70 valence electrons. The van der Waals surface area contributed by atoms with E-state index in [0.717, 1.165) is 5.69 Å². The number of hydrogen-bond donors (Lipinski definition) is 1. The van der Waals surface area contributed by atoms with Crippen molar-refractivity contribution >= 4 is 0 Å². The van der Waals surface area contributed by atoms with Gasteiger partial charge in [0.15, 0.2) is 0 Å². The molecule has 1 rings (SSSR count). The highest BCUT2D eigenvalue weighted by atomic mass is 14.7. The minimum absolute atomic E-state index is 0.495. The molecule has 0 fully saturated rings. The molecule has 1 aromatic rings. The van der Waals surface area contributed by atoms with Crippen LogP contribution in [0.4, 0.5) is 0 Å². The van der Waals surface area contributed by atoms with Gasteiger partial charge in [0.05, 0.1) is 5.69 Å². The Bertz CT molecular complexity index is 323. The Morgan fingerprint density at radius 3 is 2.23 bits per heavy atom. The Morgan fingerprint density at radius 2 is 1.85 bits per heavy atom. The quantitative estimate of drug-likeness (QED) is 0.664. The molecule has 0 unspecified atom stereocenters. The summed E-state index contributed by atoms with van der Waals surface area (Å²) < 4.78 is 0. The molecule has 0 bridgehead atoms. The van der Waals surface area contributed by atoms with E-state index in [1.54, 1.807) is 0 Å². The van der Waals surface area contributed by atoms with Crippen molar-refractivity contribution in [1.82, 2.24) is 4.98 Å². The van der Waals surface area contributed by atoms with Crippen molar-refractivity contribution < 1.29 is 0 Å². The molecule has 1 heteroatoms. The largest absolute Gasteiger partial charge is 0.354 e. The van der Waals surface area contributed by atoms with E-state index in [1.165, 1.54) is 11.1 Å². The zero-order valence-corrected chi connectivity index (χ0v) is 8.81. The first-order chi connectivity index (χ1) is 6.07. The monoisotopic (exact) mass is 175 g/mol. The van der Waals surface area contributed by atoms with Crippen molar-refractivity contribution in [2.45, 2.75) is 39.5 Å². The zero-order valence-electron chi connectivity index (χ0n) is 8.81. The van der Waals surface area contributed by atoms with Crippen molar-refractivity contribution in [2.24, 2.45) is 0 Å². The summed E-state index contributed by atoms with van der Waals surface area (Å²) in [5.41, 5.74) is 3.60. The topological polar surface area (TPSA) is 15.8 Å². The number of terminal acetylenes is 1. The van der Waals surface area contributed by atoms with Gasteiger partial charge in [-0.15, -0.1) is 6.42 Å². The van der Waals surface area contributed by atoms with E-state index in [4.69, 9.17) is 6.42 Å². The molecule has 0 aliphatic rings. The Balaban J connectivity index is 3.24. The van der Waals surface area contributed by atoms with Gasteiger partial charge in [-0.05, 0) is 23.0 Å². The predicted octanol–water partition coefficient (Wildman–Crippen LogP) is 3.24. The third-order valence-electron chi connectivity index (χ3n) is 2.30. The van der Waals surface area contributed by atoms with Crippen molar-refractivity contribution in [3.8, 4) is 12.3 Å². The lowest BCUT2D eigenvalue weighted by Gasteiger charge is -2.10. The van der Waals surface area contributed by atoms with Crippen molar-refractivity contribution in [3.63, 3.8) is 0 Å². The summed E-state index contributed by atoms with van der Waals surface area (Å²) in [6, 6.07) is 0. The van der Waals surface area contributed by atoms with Gasteiger partial charge < -0.3 is 4.98 Å². The zero-order chi connectivity index (χ0) is 10.0. The lowest BCUT2D eigenvalue weighted by Crippen LogP contribution is -1.96. The Kier molecular flexibility index (Phi) is 2.83. The molecule has 0 atom stereocenters. The summed E-state index contributed by atoms with van der Waals surface area (Å²) in [5.74, 6) is 3.73. The number of nitrogens with one attached hydrogen (secondary N) is 1. The second-order valence-corrected chi connectivity index (χ2v) is 3.99. The molecule has 1 N–H and O–H groups in total. The van der Waals surface area contributed by atoms with E-state index in [2.05, 4.69) is 38.6 Å². The minimum atomic E-state index is 0.495. The number of aromatic nitrogens is 1. The fraction of sp³-hybridized carbons (Fsp3) is 0.500. The highest BCUT2D eigenvalue weighted by molar-refractivity contribution is 5.43. The fourth-order valence-corrected chi connectivity index (χ4v) is 1.67. The summed E-state index contributed by atoms with van der Waals surface area (Å²) in [5, 5.41) is 0. The van der Waals surface area contributed by atoms with E-state index in [9.17, 15) is 0 Å². The van der Waals surface area contributed by atoms with E-state index >= 15 is 0 Å². The molecule has 0 amide bonds. The predicted molar refractivity (Wildman–Crippen MR) is 56.9 cm³/mol. The molecule has 0 spiro atoms. The van der Waals surface area contributed by atoms with Crippen LogP contribution < -0.4 is 0 Å². The standard InChI is InChI=1S/C12H17N/c1-6-11-12(9(4)5)10(7-13-11)8(2)3/h1,7-9,13H,2-5H3. The van der Waals surface area contributed by atoms with Gasteiger partial charge in [-0.3, -0.25) is 0 Å². The van der Waals surface area contributed by atoms with E-state index in [1.807, 2.05) is 6.20 Å². The normalized spacial score (nSPS) is 10.8. The van der Waals surface area contributed by atoms with Gasteiger partial charge in [0, 0.05) is 6.20 Å². The number of aromatic amines is 1. The van der Waals surface area contributed by atoms with Crippen LogP contribution in [0, 0.1) is 12.3 Å². The first kappa shape index (κ1) is 9.92. The maximum Gasteiger partial charge on any atom is 0.0928 e. The molecule has 0 saturated heterocycles. The summed E-state index contributed by atoms with van der Waals surface area (Å²) in [4.78, 5) is 3.15. The maximum atomic E-state index is 5.42. The Hall–Kier alpha value is -1.16. The van der Waals surface area contributed by atoms with E-state index in [-0.39, 0.29) is 0 Å². The van der Waals surface area contributed by atoms with Gasteiger partial charge in [-0.1, -0.05) is 33.6 Å². The SMILES string of the molecule is C#Cc1[nH]cc(C(C)C)c1C(C)C. The molecule has 0 aliphatic carbocycles. The first-order valence-corrected chi connectivity index (χ1v) is 4.75. The number of H-pyrrole nitrogens is 1. The molecule has 13 heavy (non-hydrogen) atoms. The van der Waals surface area contributed by atoms with Crippen LogP contribution >= 0.6 is 0 Å². The molecule has 1 aromatic heterocycles. The average Bonchev–Trinajstić information content (AvgIpc) is 2.46. The minimum Gasteiger partial charge on any atom is -0.354 e. The van der Waals surface area contributed by atoms with Crippen LogP contribution in [0.1, 0.15) is 56.4 Å². The van der Waals surface area contributed by atoms with Crippen molar-refractivity contribution in [3.05, 3.63) is 23.0 Å². The highest BCUT2D eigenvalue weighted by Crippen LogP contribution is 2.28. The van der Waals surface area contributed by atoms with Crippen molar-refractivity contribution in [2.75, 3.05) is 0 Å². The molecule has 0 saturated carbocycles. The summed E-state index contributed by atoms with van der Waals surface area (Å²) in [6.07, 6.45) is 7.46. The lowest BCUT2D eigenvalue weighted by molar-refractivity contribution is 0.797. The van der Waals surface area contributed by atoms with Crippen LogP contribution in [0.5, 0.6) is 0 Å². The molecule has 0 aliphatic heterocycles. The smallest absolute Gasteiger partial charge is 0.0928 e. The van der Waals surface area contributed by atoms with Crippen LogP contribution in [0.25, 0.3) is 0 Å². The molecular weight excluding hydrogens is 158 g/mol. The van der Waals surface area contributed by atoms with E-state index in [0.29, 0.717) is 11.8 Å². The van der Waals surface area contributed by atoms with Gasteiger partial charge in [0.1, 0.15) is 0 Å². The maximum absolute atomic E-state index is 5.42.